The first kappa shape index (κ1) is 16.4. The van der Waals surface area contributed by atoms with Gasteiger partial charge >= 0.3 is 0 Å². The van der Waals surface area contributed by atoms with Crippen molar-refractivity contribution >= 4 is 23.4 Å². The van der Waals surface area contributed by atoms with E-state index in [2.05, 4.69) is 10.6 Å². The van der Waals surface area contributed by atoms with Gasteiger partial charge in [-0.15, -0.1) is 0 Å². The minimum absolute atomic E-state index is 0.137. The summed E-state index contributed by atoms with van der Waals surface area (Å²) in [5, 5.41) is 6.04. The van der Waals surface area contributed by atoms with E-state index in [4.69, 9.17) is 20.8 Å². The summed E-state index contributed by atoms with van der Waals surface area (Å²) in [5.41, 5.74) is 1.28. The molecule has 1 aliphatic heterocycles. The Morgan fingerprint density at radius 2 is 2.25 bits per heavy atom. The Balaban J connectivity index is 1.69. The van der Waals surface area contributed by atoms with Crippen molar-refractivity contribution in [2.24, 2.45) is 0 Å². The third-order valence-electron chi connectivity index (χ3n) is 3.81. The summed E-state index contributed by atoms with van der Waals surface area (Å²) in [4.78, 5) is 24.1. The molecular weight excluding hydrogens is 332 g/mol. The molecular formula is C17H17ClN2O4. The Morgan fingerprint density at radius 1 is 1.42 bits per heavy atom. The second-order valence-corrected chi connectivity index (χ2v) is 5.87. The van der Waals surface area contributed by atoms with Gasteiger partial charge in [0, 0.05) is 25.6 Å². The van der Waals surface area contributed by atoms with Crippen molar-refractivity contribution in [3.63, 3.8) is 0 Å². The number of carbonyl (C=O) groups excluding carboxylic acids is 2. The number of amides is 2. The van der Waals surface area contributed by atoms with E-state index in [0.29, 0.717) is 41.6 Å². The molecule has 1 aromatic carbocycles. The van der Waals surface area contributed by atoms with Crippen LogP contribution >= 0.6 is 11.6 Å². The third kappa shape index (κ3) is 3.38. The number of methoxy groups -OCH3 is 1. The zero-order valence-electron chi connectivity index (χ0n) is 13.1. The summed E-state index contributed by atoms with van der Waals surface area (Å²) in [6.45, 7) is 0.910. The maximum absolute atomic E-state index is 12.3. The van der Waals surface area contributed by atoms with Gasteiger partial charge in [-0.05, 0) is 24.1 Å². The number of benzene rings is 1. The van der Waals surface area contributed by atoms with Crippen LogP contribution in [0, 0.1) is 0 Å². The second-order valence-electron chi connectivity index (χ2n) is 5.46. The topological polar surface area (TPSA) is 80.6 Å². The maximum atomic E-state index is 12.3. The monoisotopic (exact) mass is 348 g/mol. The average molecular weight is 349 g/mol. The predicted octanol–water partition coefficient (Wildman–Crippen LogP) is 2.55. The van der Waals surface area contributed by atoms with Gasteiger partial charge in [-0.25, -0.2) is 0 Å². The largest absolute Gasteiger partial charge is 0.495 e. The fourth-order valence-corrected chi connectivity index (χ4v) is 2.74. The molecule has 2 heterocycles. The van der Waals surface area contributed by atoms with E-state index >= 15 is 0 Å². The Kier molecular flexibility index (Phi) is 4.76. The van der Waals surface area contributed by atoms with Crippen LogP contribution in [-0.4, -0.2) is 25.5 Å². The molecule has 2 N–H and O–H groups in total. The number of nitrogens with one attached hydrogen (secondary N) is 2. The lowest BCUT2D eigenvalue weighted by Gasteiger charge is -2.07. The van der Waals surface area contributed by atoms with Crippen LogP contribution in [0.5, 0.6) is 5.75 Å². The minimum Gasteiger partial charge on any atom is -0.495 e. The van der Waals surface area contributed by atoms with Crippen molar-refractivity contribution in [3.05, 3.63) is 51.9 Å². The average Bonchev–Trinajstić information content (AvgIpc) is 2.94. The van der Waals surface area contributed by atoms with Gasteiger partial charge in [0.05, 0.1) is 17.7 Å². The van der Waals surface area contributed by atoms with E-state index in [1.807, 2.05) is 0 Å². The first-order valence-electron chi connectivity index (χ1n) is 7.60. The fourth-order valence-electron chi connectivity index (χ4n) is 2.55. The van der Waals surface area contributed by atoms with Crippen molar-refractivity contribution in [2.75, 3.05) is 13.7 Å². The molecule has 2 aromatic rings. The molecule has 0 unspecified atom stereocenters. The first-order valence-corrected chi connectivity index (χ1v) is 7.98. The van der Waals surface area contributed by atoms with E-state index in [-0.39, 0.29) is 17.6 Å². The summed E-state index contributed by atoms with van der Waals surface area (Å²) < 4.78 is 10.7. The molecule has 1 aromatic heterocycles. The van der Waals surface area contributed by atoms with Crippen LogP contribution in [0.4, 0.5) is 0 Å². The molecule has 126 valence electrons. The second kappa shape index (κ2) is 6.97. The Bertz CT molecular complexity index is 785. The number of hydrogen-bond acceptors (Lipinski definition) is 4. The van der Waals surface area contributed by atoms with Crippen LogP contribution in [0.25, 0.3) is 0 Å². The smallest absolute Gasteiger partial charge is 0.287 e. The number of furan rings is 1. The van der Waals surface area contributed by atoms with E-state index in [9.17, 15) is 9.59 Å². The molecule has 6 nitrogen and oxygen atoms in total. The molecule has 0 radical (unpaired) electrons. The van der Waals surface area contributed by atoms with Crippen molar-refractivity contribution in [1.29, 1.82) is 0 Å². The summed E-state index contributed by atoms with van der Waals surface area (Å²) in [5.74, 6) is 0.670. The Morgan fingerprint density at radius 3 is 3.04 bits per heavy atom. The number of ether oxygens (including phenoxy) is 1. The standard InChI is InChI=1S/C17H17ClN2O4/c1-23-14-7-10(4-5-12(14)18)9-20-17(22)15-8-11-13(24-15)3-2-6-19-16(11)21/h4-5,7-8H,2-3,6,9H2,1H3,(H,19,21)(H,20,22). The highest BCUT2D eigenvalue weighted by molar-refractivity contribution is 6.32. The van der Waals surface area contributed by atoms with Crippen molar-refractivity contribution in [1.82, 2.24) is 10.6 Å². The molecule has 0 atom stereocenters. The maximum Gasteiger partial charge on any atom is 0.287 e. The number of fused-ring (bicyclic) bond motifs is 1. The molecule has 2 amide bonds. The van der Waals surface area contributed by atoms with Gasteiger partial charge < -0.3 is 19.8 Å². The highest BCUT2D eigenvalue weighted by atomic mass is 35.5. The summed E-state index contributed by atoms with van der Waals surface area (Å²) in [6, 6.07) is 6.76. The van der Waals surface area contributed by atoms with Crippen molar-refractivity contribution in [3.8, 4) is 5.75 Å². The minimum atomic E-state index is -0.371. The zero-order valence-corrected chi connectivity index (χ0v) is 13.9. The molecule has 0 bridgehead atoms. The molecule has 1 aliphatic rings. The summed E-state index contributed by atoms with van der Waals surface area (Å²) in [6.07, 6.45) is 1.42. The summed E-state index contributed by atoms with van der Waals surface area (Å²) >= 11 is 5.97. The van der Waals surface area contributed by atoms with Gasteiger partial charge in [0.25, 0.3) is 11.8 Å². The molecule has 0 spiro atoms. The van der Waals surface area contributed by atoms with Crippen LogP contribution in [0.1, 0.15) is 38.7 Å². The molecule has 0 aliphatic carbocycles. The molecule has 24 heavy (non-hydrogen) atoms. The van der Waals surface area contributed by atoms with Crippen LogP contribution in [0.2, 0.25) is 5.02 Å². The van der Waals surface area contributed by atoms with Gasteiger partial charge in [-0.3, -0.25) is 9.59 Å². The lowest BCUT2D eigenvalue weighted by Crippen LogP contribution is -2.23. The highest BCUT2D eigenvalue weighted by Gasteiger charge is 2.23. The normalized spacial score (nSPS) is 13.7. The van der Waals surface area contributed by atoms with E-state index in [0.717, 1.165) is 12.0 Å². The molecule has 7 heteroatoms. The van der Waals surface area contributed by atoms with Crippen LogP contribution in [0.3, 0.4) is 0 Å². The number of carbonyl (C=O) groups is 2. The quantitative estimate of drug-likeness (QED) is 0.889. The van der Waals surface area contributed by atoms with Crippen molar-refractivity contribution in [2.45, 2.75) is 19.4 Å². The van der Waals surface area contributed by atoms with Crippen molar-refractivity contribution < 1.29 is 18.7 Å². The number of rotatable bonds is 4. The van der Waals surface area contributed by atoms with Gasteiger partial charge in [-0.2, -0.15) is 0 Å². The van der Waals surface area contributed by atoms with E-state index in [1.165, 1.54) is 13.2 Å². The SMILES string of the molecule is COc1cc(CNC(=O)c2cc3c(o2)CCCNC3=O)ccc1Cl. The predicted molar refractivity (Wildman–Crippen MR) is 88.5 cm³/mol. The Hall–Kier alpha value is -2.47. The van der Waals surface area contributed by atoms with Gasteiger partial charge in [0.1, 0.15) is 11.5 Å². The van der Waals surface area contributed by atoms with Crippen LogP contribution < -0.4 is 15.4 Å². The zero-order chi connectivity index (χ0) is 17.1. The number of aryl methyl sites for hydroxylation is 1. The highest BCUT2D eigenvalue weighted by Crippen LogP contribution is 2.25. The van der Waals surface area contributed by atoms with Gasteiger partial charge in [0.2, 0.25) is 0 Å². The van der Waals surface area contributed by atoms with E-state index in [1.54, 1.807) is 18.2 Å². The number of halogens is 1. The lowest BCUT2D eigenvalue weighted by atomic mass is 10.2. The van der Waals surface area contributed by atoms with Gasteiger partial charge in [-0.1, -0.05) is 17.7 Å². The summed E-state index contributed by atoms with van der Waals surface area (Å²) in [7, 11) is 1.53. The van der Waals surface area contributed by atoms with Crippen LogP contribution in [-0.2, 0) is 13.0 Å². The van der Waals surface area contributed by atoms with Gasteiger partial charge in [0.15, 0.2) is 5.76 Å². The van der Waals surface area contributed by atoms with Crippen LogP contribution in [0.15, 0.2) is 28.7 Å². The molecule has 0 fully saturated rings. The molecule has 0 saturated heterocycles. The third-order valence-corrected chi connectivity index (χ3v) is 4.12. The first-order chi connectivity index (χ1) is 11.6. The van der Waals surface area contributed by atoms with E-state index < -0.39 is 0 Å². The molecule has 3 rings (SSSR count). The number of hydrogen-bond donors (Lipinski definition) is 2. The Labute approximate surface area is 144 Å². The fraction of sp³-hybridized carbons (Fsp3) is 0.294. The molecule has 0 saturated carbocycles. The lowest BCUT2D eigenvalue weighted by molar-refractivity contribution is 0.0920.